The standard InChI is InChI=1S/C18H21N3O2/c22-17(19-12-5-6-12)7-8-18(23)21-10-9-16-14(11-21)13-3-1-2-4-15(13)20-16/h1-4,12,20H,5-11H2,(H,19,22). The zero-order chi connectivity index (χ0) is 15.8. The van der Waals surface area contributed by atoms with Crippen molar-refractivity contribution in [2.45, 2.75) is 44.7 Å². The molecule has 5 nitrogen and oxygen atoms in total. The van der Waals surface area contributed by atoms with Crippen molar-refractivity contribution in [3.05, 3.63) is 35.5 Å². The van der Waals surface area contributed by atoms with Crippen LogP contribution in [0.1, 0.15) is 36.9 Å². The number of hydrogen-bond acceptors (Lipinski definition) is 2. The number of aromatic amines is 1. The summed E-state index contributed by atoms with van der Waals surface area (Å²) in [6, 6.07) is 8.58. The minimum Gasteiger partial charge on any atom is -0.358 e. The van der Waals surface area contributed by atoms with E-state index in [2.05, 4.69) is 22.4 Å². The highest BCUT2D eigenvalue weighted by atomic mass is 16.2. The second-order valence-corrected chi connectivity index (χ2v) is 6.53. The van der Waals surface area contributed by atoms with Crippen molar-refractivity contribution < 1.29 is 9.59 Å². The topological polar surface area (TPSA) is 65.2 Å². The lowest BCUT2D eigenvalue weighted by molar-refractivity contribution is -0.134. The molecule has 5 heteroatoms. The lowest BCUT2D eigenvalue weighted by atomic mass is 10.0. The van der Waals surface area contributed by atoms with Crippen LogP contribution in [0.15, 0.2) is 24.3 Å². The number of H-pyrrole nitrogens is 1. The molecule has 0 saturated heterocycles. The Kier molecular flexibility index (Phi) is 3.56. The molecule has 2 aromatic rings. The maximum atomic E-state index is 12.4. The zero-order valence-electron chi connectivity index (χ0n) is 13.1. The normalized spacial score (nSPS) is 17.1. The molecule has 120 valence electrons. The van der Waals surface area contributed by atoms with Crippen molar-refractivity contribution >= 4 is 22.7 Å². The molecule has 1 aromatic heterocycles. The van der Waals surface area contributed by atoms with Crippen LogP contribution < -0.4 is 5.32 Å². The van der Waals surface area contributed by atoms with Gasteiger partial charge in [-0.15, -0.1) is 0 Å². The van der Waals surface area contributed by atoms with Gasteiger partial charge in [-0.1, -0.05) is 18.2 Å². The third-order valence-corrected chi connectivity index (χ3v) is 4.74. The van der Waals surface area contributed by atoms with Gasteiger partial charge in [0, 0.05) is 60.6 Å². The molecule has 1 aromatic carbocycles. The van der Waals surface area contributed by atoms with E-state index in [9.17, 15) is 9.59 Å². The number of fused-ring (bicyclic) bond motifs is 3. The number of amides is 2. The number of carbonyl (C=O) groups excluding carboxylic acids is 2. The summed E-state index contributed by atoms with van der Waals surface area (Å²) in [7, 11) is 0. The Bertz CT molecular complexity index is 761. The third kappa shape index (κ3) is 2.96. The minimum atomic E-state index is 0.00522. The lowest BCUT2D eigenvalue weighted by Crippen LogP contribution is -2.36. The minimum absolute atomic E-state index is 0.00522. The predicted octanol–water partition coefficient (Wildman–Crippen LogP) is 2.11. The van der Waals surface area contributed by atoms with E-state index < -0.39 is 0 Å². The van der Waals surface area contributed by atoms with Gasteiger partial charge in [-0.25, -0.2) is 0 Å². The molecule has 1 aliphatic carbocycles. The number of para-hydroxylation sites is 1. The third-order valence-electron chi connectivity index (χ3n) is 4.74. The second-order valence-electron chi connectivity index (χ2n) is 6.53. The smallest absolute Gasteiger partial charge is 0.223 e. The Morgan fingerprint density at radius 2 is 2.04 bits per heavy atom. The van der Waals surface area contributed by atoms with Gasteiger partial charge >= 0.3 is 0 Å². The van der Waals surface area contributed by atoms with Crippen molar-refractivity contribution in [2.75, 3.05) is 6.54 Å². The first-order valence-electron chi connectivity index (χ1n) is 8.36. The van der Waals surface area contributed by atoms with Crippen LogP contribution >= 0.6 is 0 Å². The quantitative estimate of drug-likeness (QED) is 0.908. The average Bonchev–Trinajstić information content (AvgIpc) is 3.30. The van der Waals surface area contributed by atoms with Crippen molar-refractivity contribution in [3.63, 3.8) is 0 Å². The van der Waals surface area contributed by atoms with Gasteiger partial charge in [-0.3, -0.25) is 9.59 Å². The first kappa shape index (κ1) is 14.3. The molecule has 2 amide bonds. The largest absolute Gasteiger partial charge is 0.358 e. The van der Waals surface area contributed by atoms with E-state index in [1.165, 1.54) is 16.6 Å². The van der Waals surface area contributed by atoms with Gasteiger partial charge in [-0.05, 0) is 18.9 Å². The first-order chi connectivity index (χ1) is 11.2. The summed E-state index contributed by atoms with van der Waals surface area (Å²) in [6.07, 6.45) is 3.61. The van der Waals surface area contributed by atoms with Gasteiger partial charge in [0.25, 0.3) is 0 Å². The Morgan fingerprint density at radius 1 is 1.22 bits per heavy atom. The van der Waals surface area contributed by atoms with Gasteiger partial charge in [0.1, 0.15) is 0 Å². The summed E-state index contributed by atoms with van der Waals surface area (Å²) < 4.78 is 0. The van der Waals surface area contributed by atoms with Crippen LogP contribution in [-0.2, 0) is 22.6 Å². The Morgan fingerprint density at radius 3 is 2.87 bits per heavy atom. The maximum Gasteiger partial charge on any atom is 0.223 e. The molecule has 1 saturated carbocycles. The van der Waals surface area contributed by atoms with Crippen molar-refractivity contribution in [2.24, 2.45) is 0 Å². The molecule has 2 N–H and O–H groups in total. The summed E-state index contributed by atoms with van der Waals surface area (Å²) in [5.74, 6) is 0.0810. The first-order valence-corrected chi connectivity index (χ1v) is 8.36. The second kappa shape index (κ2) is 5.72. The summed E-state index contributed by atoms with van der Waals surface area (Å²) in [6.45, 7) is 1.37. The zero-order valence-corrected chi connectivity index (χ0v) is 13.1. The molecule has 0 bridgehead atoms. The molecule has 23 heavy (non-hydrogen) atoms. The number of hydrogen-bond donors (Lipinski definition) is 2. The van der Waals surface area contributed by atoms with E-state index in [0.29, 0.717) is 25.4 Å². The fourth-order valence-electron chi connectivity index (χ4n) is 3.29. The van der Waals surface area contributed by atoms with Gasteiger partial charge < -0.3 is 15.2 Å². The van der Waals surface area contributed by atoms with E-state index in [1.807, 2.05) is 17.0 Å². The van der Waals surface area contributed by atoms with Crippen LogP contribution in [0.25, 0.3) is 10.9 Å². The van der Waals surface area contributed by atoms with E-state index in [-0.39, 0.29) is 11.8 Å². The van der Waals surface area contributed by atoms with E-state index >= 15 is 0 Å². The van der Waals surface area contributed by atoms with Crippen LogP contribution in [-0.4, -0.2) is 34.3 Å². The van der Waals surface area contributed by atoms with E-state index in [0.717, 1.165) is 31.3 Å². The van der Waals surface area contributed by atoms with Crippen LogP contribution in [0.4, 0.5) is 0 Å². The van der Waals surface area contributed by atoms with Gasteiger partial charge in [-0.2, -0.15) is 0 Å². The lowest BCUT2D eigenvalue weighted by Gasteiger charge is -2.27. The highest BCUT2D eigenvalue weighted by Gasteiger charge is 2.26. The Hall–Kier alpha value is -2.30. The monoisotopic (exact) mass is 311 g/mol. The number of benzene rings is 1. The fraction of sp³-hybridized carbons (Fsp3) is 0.444. The van der Waals surface area contributed by atoms with Crippen LogP contribution in [0.2, 0.25) is 0 Å². The molecular weight excluding hydrogens is 290 g/mol. The van der Waals surface area contributed by atoms with Gasteiger partial charge in [0.2, 0.25) is 11.8 Å². The molecular formula is C18H21N3O2. The molecule has 0 unspecified atom stereocenters. The number of aromatic nitrogens is 1. The molecule has 0 atom stereocenters. The highest BCUT2D eigenvalue weighted by Crippen LogP contribution is 2.27. The summed E-state index contributed by atoms with van der Waals surface area (Å²) in [4.78, 5) is 29.5. The average molecular weight is 311 g/mol. The molecule has 1 aliphatic heterocycles. The molecule has 0 spiro atoms. The van der Waals surface area contributed by atoms with Crippen LogP contribution in [0.5, 0.6) is 0 Å². The maximum absolute atomic E-state index is 12.4. The molecule has 2 aliphatic rings. The Balaban J connectivity index is 1.40. The van der Waals surface area contributed by atoms with E-state index in [1.54, 1.807) is 0 Å². The van der Waals surface area contributed by atoms with E-state index in [4.69, 9.17) is 0 Å². The van der Waals surface area contributed by atoms with Crippen molar-refractivity contribution in [1.82, 2.24) is 15.2 Å². The predicted molar refractivity (Wildman–Crippen MR) is 87.8 cm³/mol. The highest BCUT2D eigenvalue weighted by molar-refractivity contribution is 5.87. The molecule has 1 fully saturated rings. The van der Waals surface area contributed by atoms with Gasteiger partial charge in [0.05, 0.1) is 0 Å². The van der Waals surface area contributed by atoms with Crippen molar-refractivity contribution in [1.29, 1.82) is 0 Å². The number of nitrogens with zero attached hydrogens (tertiary/aromatic N) is 1. The fourth-order valence-corrected chi connectivity index (χ4v) is 3.29. The number of nitrogens with one attached hydrogen (secondary N) is 2. The van der Waals surface area contributed by atoms with Crippen molar-refractivity contribution in [3.8, 4) is 0 Å². The SMILES string of the molecule is O=C(CCC(=O)N1CCc2[nH]c3ccccc3c2C1)NC1CC1. The molecule has 2 heterocycles. The summed E-state index contributed by atoms with van der Waals surface area (Å²) in [5.41, 5.74) is 3.60. The molecule has 4 rings (SSSR count). The summed E-state index contributed by atoms with van der Waals surface area (Å²) >= 11 is 0. The summed E-state index contributed by atoms with van der Waals surface area (Å²) in [5, 5.41) is 4.13. The Labute approximate surface area is 135 Å². The number of rotatable bonds is 4. The molecule has 0 radical (unpaired) electrons. The van der Waals surface area contributed by atoms with Gasteiger partial charge in [0.15, 0.2) is 0 Å². The number of carbonyl (C=O) groups is 2. The van der Waals surface area contributed by atoms with Crippen LogP contribution in [0.3, 0.4) is 0 Å². The van der Waals surface area contributed by atoms with Crippen LogP contribution in [0, 0.1) is 0 Å².